The van der Waals surface area contributed by atoms with Gasteiger partial charge in [-0.25, -0.2) is 9.79 Å². The van der Waals surface area contributed by atoms with Crippen molar-refractivity contribution in [1.29, 1.82) is 0 Å². The number of rotatable bonds is 4. The third-order valence-electron chi connectivity index (χ3n) is 5.80. The number of halogens is 1. The van der Waals surface area contributed by atoms with Crippen molar-refractivity contribution in [3.63, 3.8) is 0 Å². The van der Waals surface area contributed by atoms with Gasteiger partial charge in [0, 0.05) is 44.8 Å². The first-order chi connectivity index (χ1) is 14.0. The highest BCUT2D eigenvalue weighted by molar-refractivity contribution is 6.30. The maximum atomic E-state index is 12.7. The second-order valence-electron chi connectivity index (χ2n) is 7.78. The summed E-state index contributed by atoms with van der Waals surface area (Å²) in [5.41, 5.74) is 1.04. The summed E-state index contributed by atoms with van der Waals surface area (Å²) in [6.45, 7) is 7.47. The molecule has 0 saturated carbocycles. The number of piperazine rings is 1. The van der Waals surface area contributed by atoms with Crippen molar-refractivity contribution in [2.24, 2.45) is 4.99 Å². The first-order valence-electron chi connectivity index (χ1n) is 10.1. The first kappa shape index (κ1) is 20.0. The lowest BCUT2D eigenvalue weighted by molar-refractivity contribution is -0.127. The Morgan fingerprint density at radius 3 is 2.48 bits per heavy atom. The van der Waals surface area contributed by atoms with Crippen LogP contribution < -0.4 is 5.32 Å². The normalized spacial score (nSPS) is 25.2. The Kier molecular flexibility index (Phi) is 5.65. The van der Waals surface area contributed by atoms with Gasteiger partial charge >= 0.3 is 6.03 Å². The summed E-state index contributed by atoms with van der Waals surface area (Å²) < 4.78 is 0. The molecule has 29 heavy (non-hydrogen) atoms. The smallest absolute Gasteiger partial charge is 0.325 e. The Labute approximate surface area is 176 Å². The molecule has 0 aliphatic carbocycles. The largest absolute Gasteiger partial charge is 0.340 e. The average molecular weight is 419 g/mol. The number of guanidine groups is 1. The van der Waals surface area contributed by atoms with Crippen LogP contribution in [0.15, 0.2) is 29.3 Å². The fourth-order valence-electron chi connectivity index (χ4n) is 4.22. The van der Waals surface area contributed by atoms with Gasteiger partial charge in [-0.05, 0) is 30.7 Å². The number of benzene rings is 1. The van der Waals surface area contributed by atoms with Gasteiger partial charge in [0.2, 0.25) is 0 Å². The van der Waals surface area contributed by atoms with Crippen LogP contribution in [0.25, 0.3) is 0 Å². The SMILES string of the molecule is CCCN1CCN(C2=NC3C(C(=O)NC(=O)N3C)N2Cc2ccc(Cl)cc2)CC1. The number of carbonyl (C=O) groups excluding carboxylic acids is 2. The van der Waals surface area contributed by atoms with E-state index in [9.17, 15) is 9.59 Å². The number of nitrogens with zero attached hydrogens (tertiary/aromatic N) is 5. The van der Waals surface area contributed by atoms with Gasteiger partial charge in [-0.3, -0.25) is 15.0 Å². The summed E-state index contributed by atoms with van der Waals surface area (Å²) in [6.07, 6.45) is 0.633. The van der Waals surface area contributed by atoms with Crippen molar-refractivity contribution < 1.29 is 9.59 Å². The zero-order valence-corrected chi connectivity index (χ0v) is 17.6. The van der Waals surface area contributed by atoms with Gasteiger partial charge < -0.3 is 14.7 Å². The zero-order valence-electron chi connectivity index (χ0n) is 16.8. The van der Waals surface area contributed by atoms with Crippen LogP contribution in [0.3, 0.4) is 0 Å². The summed E-state index contributed by atoms with van der Waals surface area (Å²) in [5.74, 6) is 0.498. The molecule has 1 aromatic rings. The van der Waals surface area contributed by atoms with Gasteiger partial charge in [0.05, 0.1) is 0 Å². The minimum absolute atomic E-state index is 0.296. The van der Waals surface area contributed by atoms with Crippen molar-refractivity contribution in [2.75, 3.05) is 39.8 Å². The lowest BCUT2D eigenvalue weighted by Gasteiger charge is -2.40. The van der Waals surface area contributed by atoms with Gasteiger partial charge in [0.1, 0.15) is 0 Å². The number of imide groups is 1. The first-order valence-corrected chi connectivity index (χ1v) is 10.5. The van der Waals surface area contributed by atoms with Crippen LogP contribution in [-0.4, -0.2) is 89.5 Å². The maximum absolute atomic E-state index is 12.7. The number of nitrogens with one attached hydrogen (secondary N) is 1. The van der Waals surface area contributed by atoms with E-state index >= 15 is 0 Å². The van der Waals surface area contributed by atoms with Gasteiger partial charge in [0.25, 0.3) is 5.91 Å². The Morgan fingerprint density at radius 1 is 1.14 bits per heavy atom. The van der Waals surface area contributed by atoms with Crippen LogP contribution in [0.2, 0.25) is 5.02 Å². The quantitative estimate of drug-likeness (QED) is 0.800. The molecular weight excluding hydrogens is 392 g/mol. The number of hydrogen-bond donors (Lipinski definition) is 1. The van der Waals surface area contributed by atoms with Crippen molar-refractivity contribution in [2.45, 2.75) is 32.1 Å². The topological polar surface area (TPSA) is 71.5 Å². The standard InChI is InChI=1S/C20H27ClN6O2/c1-3-8-25-9-11-26(12-10-25)19-22-17-16(18(28)23-20(29)24(17)2)27(19)13-14-4-6-15(21)7-5-14/h4-7,16-17H,3,8-13H2,1-2H3,(H,23,28,29). The molecular formula is C20H27ClN6O2. The zero-order chi connectivity index (χ0) is 20.5. The van der Waals surface area contributed by atoms with E-state index in [0.29, 0.717) is 11.6 Å². The number of urea groups is 1. The number of hydrogen-bond acceptors (Lipinski definition) is 6. The number of likely N-dealkylation sites (N-methyl/N-ethyl adjacent to an activating group) is 1. The molecule has 3 amide bonds. The minimum Gasteiger partial charge on any atom is -0.340 e. The molecule has 1 N–H and O–H groups in total. The number of aliphatic imine (C=N–C) groups is 1. The molecule has 3 aliphatic heterocycles. The summed E-state index contributed by atoms with van der Waals surface area (Å²) in [6, 6.07) is 6.69. The van der Waals surface area contributed by atoms with E-state index < -0.39 is 18.2 Å². The highest BCUT2D eigenvalue weighted by atomic mass is 35.5. The number of amides is 3. The molecule has 3 heterocycles. The lowest BCUT2D eigenvalue weighted by atomic mass is 10.1. The van der Waals surface area contributed by atoms with Crippen molar-refractivity contribution in [3.8, 4) is 0 Å². The molecule has 3 aliphatic rings. The van der Waals surface area contributed by atoms with Crippen LogP contribution >= 0.6 is 11.6 Å². The highest BCUT2D eigenvalue weighted by Gasteiger charge is 2.49. The van der Waals surface area contributed by atoms with Crippen LogP contribution in [0.1, 0.15) is 18.9 Å². The van der Waals surface area contributed by atoms with E-state index in [1.54, 1.807) is 7.05 Å². The predicted molar refractivity (Wildman–Crippen MR) is 112 cm³/mol. The Bertz CT molecular complexity index is 806. The molecule has 0 spiro atoms. The minimum atomic E-state index is -0.531. The Morgan fingerprint density at radius 2 is 1.83 bits per heavy atom. The fourth-order valence-corrected chi connectivity index (χ4v) is 4.34. The summed E-state index contributed by atoms with van der Waals surface area (Å²) in [4.78, 5) is 37.9. The molecule has 2 fully saturated rings. The summed E-state index contributed by atoms with van der Waals surface area (Å²) in [7, 11) is 1.69. The molecule has 9 heteroatoms. The Balaban J connectivity index is 1.60. The Hall–Kier alpha value is -2.32. The van der Waals surface area contributed by atoms with E-state index in [2.05, 4.69) is 22.0 Å². The van der Waals surface area contributed by atoms with Gasteiger partial charge in [-0.2, -0.15) is 0 Å². The lowest BCUT2D eigenvalue weighted by Crippen LogP contribution is -2.64. The second-order valence-corrected chi connectivity index (χ2v) is 8.21. The van der Waals surface area contributed by atoms with Gasteiger partial charge in [0.15, 0.2) is 18.2 Å². The van der Waals surface area contributed by atoms with Crippen molar-refractivity contribution in [3.05, 3.63) is 34.9 Å². The number of fused-ring (bicyclic) bond motifs is 1. The molecule has 2 saturated heterocycles. The molecule has 156 valence electrons. The van der Waals surface area contributed by atoms with E-state index in [1.165, 1.54) is 4.90 Å². The maximum Gasteiger partial charge on any atom is 0.325 e. The highest BCUT2D eigenvalue weighted by Crippen LogP contribution is 2.28. The molecule has 4 rings (SSSR count). The average Bonchev–Trinajstić information content (AvgIpc) is 3.09. The predicted octanol–water partition coefficient (Wildman–Crippen LogP) is 1.42. The van der Waals surface area contributed by atoms with Crippen molar-refractivity contribution >= 4 is 29.5 Å². The third kappa shape index (κ3) is 3.91. The van der Waals surface area contributed by atoms with Crippen LogP contribution in [0, 0.1) is 0 Å². The van der Waals surface area contributed by atoms with Crippen molar-refractivity contribution in [1.82, 2.24) is 24.9 Å². The fraction of sp³-hybridized carbons (Fsp3) is 0.550. The third-order valence-corrected chi connectivity index (χ3v) is 6.05. The molecule has 2 atom stereocenters. The number of carbonyl (C=O) groups is 2. The second kappa shape index (κ2) is 8.20. The van der Waals surface area contributed by atoms with E-state index in [4.69, 9.17) is 16.6 Å². The molecule has 0 aromatic heterocycles. The van der Waals surface area contributed by atoms with E-state index in [0.717, 1.165) is 50.7 Å². The van der Waals surface area contributed by atoms with E-state index in [-0.39, 0.29) is 5.91 Å². The van der Waals surface area contributed by atoms with Gasteiger partial charge in [-0.15, -0.1) is 0 Å². The summed E-state index contributed by atoms with van der Waals surface area (Å²) in [5, 5.41) is 3.13. The van der Waals surface area contributed by atoms with Crippen LogP contribution in [-0.2, 0) is 11.3 Å². The summed E-state index contributed by atoms with van der Waals surface area (Å²) >= 11 is 6.03. The molecule has 8 nitrogen and oxygen atoms in total. The molecule has 1 aromatic carbocycles. The molecule has 2 unspecified atom stereocenters. The monoisotopic (exact) mass is 418 g/mol. The molecule has 0 radical (unpaired) electrons. The van der Waals surface area contributed by atoms with Gasteiger partial charge in [-0.1, -0.05) is 30.7 Å². The van der Waals surface area contributed by atoms with E-state index in [1.807, 2.05) is 29.2 Å². The van der Waals surface area contributed by atoms with Crippen LogP contribution in [0.4, 0.5) is 4.79 Å². The van der Waals surface area contributed by atoms with Crippen LogP contribution in [0.5, 0.6) is 0 Å². The molecule has 0 bridgehead atoms.